The van der Waals surface area contributed by atoms with E-state index < -0.39 is 0 Å². The van der Waals surface area contributed by atoms with Gasteiger partial charge in [-0.3, -0.25) is 4.79 Å². The predicted octanol–water partition coefficient (Wildman–Crippen LogP) is 4.54. The van der Waals surface area contributed by atoms with Gasteiger partial charge in [-0.2, -0.15) is 5.10 Å². The van der Waals surface area contributed by atoms with Crippen LogP contribution in [0.2, 0.25) is 0 Å². The minimum Gasteiger partial charge on any atom is -0.494 e. The zero-order valence-corrected chi connectivity index (χ0v) is 15.4. The van der Waals surface area contributed by atoms with E-state index in [2.05, 4.69) is 38.2 Å². The third-order valence-corrected chi connectivity index (χ3v) is 3.75. The lowest BCUT2D eigenvalue weighted by Gasteiger charge is -2.18. The van der Waals surface area contributed by atoms with Gasteiger partial charge in [0.15, 0.2) is 0 Å². The standard InChI is InChI=1S/C21H26N2O2/c1-5-14-25-19-12-6-16(7-13-19)15-22-23-20(24)17-8-10-18(11-9-17)21(2,3)4/h6-13,15H,5,14H2,1-4H3,(H,23,24)/b22-15+. The summed E-state index contributed by atoms with van der Waals surface area (Å²) in [6.45, 7) is 9.21. The van der Waals surface area contributed by atoms with E-state index in [9.17, 15) is 4.79 Å². The molecule has 0 spiro atoms. The summed E-state index contributed by atoms with van der Waals surface area (Å²) in [6, 6.07) is 15.2. The number of carbonyl (C=O) groups excluding carboxylic acids is 1. The quantitative estimate of drug-likeness (QED) is 0.621. The Kier molecular flexibility index (Phi) is 6.34. The van der Waals surface area contributed by atoms with Crippen LogP contribution in [0.25, 0.3) is 0 Å². The number of amides is 1. The van der Waals surface area contributed by atoms with Crippen LogP contribution >= 0.6 is 0 Å². The molecular formula is C21H26N2O2. The average Bonchev–Trinajstić information content (AvgIpc) is 2.60. The summed E-state index contributed by atoms with van der Waals surface area (Å²) in [4.78, 5) is 12.1. The van der Waals surface area contributed by atoms with Crippen molar-refractivity contribution < 1.29 is 9.53 Å². The highest BCUT2D eigenvalue weighted by Gasteiger charge is 2.14. The van der Waals surface area contributed by atoms with E-state index in [1.807, 2.05) is 48.5 Å². The van der Waals surface area contributed by atoms with Crippen LogP contribution in [0.3, 0.4) is 0 Å². The average molecular weight is 338 g/mol. The molecule has 2 aromatic carbocycles. The molecule has 0 aliphatic rings. The minimum absolute atomic E-state index is 0.0696. The number of hydrazone groups is 1. The van der Waals surface area contributed by atoms with Gasteiger partial charge in [-0.05, 0) is 59.4 Å². The van der Waals surface area contributed by atoms with Gasteiger partial charge in [0, 0.05) is 5.56 Å². The van der Waals surface area contributed by atoms with Crippen molar-refractivity contribution in [1.82, 2.24) is 5.43 Å². The van der Waals surface area contributed by atoms with E-state index in [0.717, 1.165) is 17.7 Å². The Morgan fingerprint density at radius 2 is 1.72 bits per heavy atom. The van der Waals surface area contributed by atoms with Gasteiger partial charge in [0.05, 0.1) is 12.8 Å². The van der Waals surface area contributed by atoms with Crippen LogP contribution < -0.4 is 10.2 Å². The van der Waals surface area contributed by atoms with E-state index >= 15 is 0 Å². The second-order valence-corrected chi connectivity index (χ2v) is 6.94. The minimum atomic E-state index is -0.223. The highest BCUT2D eigenvalue weighted by Crippen LogP contribution is 2.22. The van der Waals surface area contributed by atoms with Crippen LogP contribution in [0.15, 0.2) is 53.6 Å². The Morgan fingerprint density at radius 1 is 1.08 bits per heavy atom. The Morgan fingerprint density at radius 3 is 2.28 bits per heavy atom. The lowest BCUT2D eigenvalue weighted by atomic mass is 9.87. The van der Waals surface area contributed by atoms with Gasteiger partial charge in [-0.25, -0.2) is 5.43 Å². The van der Waals surface area contributed by atoms with Crippen molar-refractivity contribution in [2.24, 2.45) is 5.10 Å². The molecule has 2 aromatic rings. The van der Waals surface area contributed by atoms with Crippen LogP contribution in [0.5, 0.6) is 5.75 Å². The summed E-state index contributed by atoms with van der Waals surface area (Å²) >= 11 is 0. The number of hydrogen-bond acceptors (Lipinski definition) is 3. The maximum Gasteiger partial charge on any atom is 0.271 e. The van der Waals surface area contributed by atoms with E-state index in [-0.39, 0.29) is 11.3 Å². The van der Waals surface area contributed by atoms with Crippen molar-refractivity contribution >= 4 is 12.1 Å². The molecule has 0 atom stereocenters. The zero-order chi connectivity index (χ0) is 18.3. The summed E-state index contributed by atoms with van der Waals surface area (Å²) in [5, 5.41) is 4.02. The first kappa shape index (κ1) is 18.7. The molecule has 0 heterocycles. The molecule has 0 radical (unpaired) electrons. The number of hydrogen-bond donors (Lipinski definition) is 1. The van der Waals surface area contributed by atoms with Crippen molar-refractivity contribution in [2.45, 2.75) is 39.5 Å². The fourth-order valence-corrected chi connectivity index (χ4v) is 2.22. The zero-order valence-electron chi connectivity index (χ0n) is 15.4. The third kappa shape index (κ3) is 5.75. The first-order valence-corrected chi connectivity index (χ1v) is 8.57. The summed E-state index contributed by atoms with van der Waals surface area (Å²) < 4.78 is 5.53. The number of carbonyl (C=O) groups is 1. The largest absolute Gasteiger partial charge is 0.494 e. The predicted molar refractivity (Wildman–Crippen MR) is 102 cm³/mol. The molecule has 4 nitrogen and oxygen atoms in total. The summed E-state index contributed by atoms with van der Waals surface area (Å²) in [5.41, 5.74) is 5.30. The van der Waals surface area contributed by atoms with Gasteiger partial charge in [0.25, 0.3) is 5.91 Å². The first-order chi connectivity index (χ1) is 11.9. The first-order valence-electron chi connectivity index (χ1n) is 8.57. The molecular weight excluding hydrogens is 312 g/mol. The SMILES string of the molecule is CCCOc1ccc(/C=N/NC(=O)c2ccc(C(C)(C)C)cc2)cc1. The highest BCUT2D eigenvalue weighted by atomic mass is 16.5. The molecule has 0 aliphatic heterocycles. The maximum absolute atomic E-state index is 12.1. The molecule has 0 fully saturated rings. The number of ether oxygens (including phenoxy) is 1. The highest BCUT2D eigenvalue weighted by molar-refractivity contribution is 5.94. The van der Waals surface area contributed by atoms with Crippen molar-refractivity contribution in [2.75, 3.05) is 6.61 Å². The molecule has 2 rings (SSSR count). The molecule has 0 saturated heterocycles. The summed E-state index contributed by atoms with van der Waals surface area (Å²) in [7, 11) is 0. The Balaban J connectivity index is 1.91. The topological polar surface area (TPSA) is 50.7 Å². The van der Waals surface area contributed by atoms with Gasteiger partial charge >= 0.3 is 0 Å². The van der Waals surface area contributed by atoms with E-state index in [1.54, 1.807) is 6.21 Å². The van der Waals surface area contributed by atoms with Crippen LogP contribution in [-0.2, 0) is 5.41 Å². The normalized spacial score (nSPS) is 11.5. The van der Waals surface area contributed by atoms with Gasteiger partial charge < -0.3 is 4.74 Å². The Labute approximate surface area is 149 Å². The maximum atomic E-state index is 12.1. The molecule has 0 bridgehead atoms. The molecule has 132 valence electrons. The molecule has 0 saturated carbocycles. The number of benzene rings is 2. The Hall–Kier alpha value is -2.62. The van der Waals surface area contributed by atoms with Crippen LogP contribution in [0, 0.1) is 0 Å². The van der Waals surface area contributed by atoms with Gasteiger partial charge in [0.1, 0.15) is 5.75 Å². The monoisotopic (exact) mass is 338 g/mol. The van der Waals surface area contributed by atoms with Gasteiger partial charge in [-0.15, -0.1) is 0 Å². The fourth-order valence-electron chi connectivity index (χ4n) is 2.22. The van der Waals surface area contributed by atoms with Gasteiger partial charge in [0.2, 0.25) is 0 Å². The number of rotatable bonds is 6. The smallest absolute Gasteiger partial charge is 0.271 e. The van der Waals surface area contributed by atoms with E-state index in [4.69, 9.17) is 4.74 Å². The number of nitrogens with one attached hydrogen (secondary N) is 1. The van der Waals surface area contributed by atoms with Crippen LogP contribution in [0.1, 0.15) is 55.6 Å². The lowest BCUT2D eigenvalue weighted by molar-refractivity contribution is 0.0955. The summed E-state index contributed by atoms with van der Waals surface area (Å²) in [6.07, 6.45) is 2.59. The van der Waals surface area contributed by atoms with Crippen molar-refractivity contribution in [3.8, 4) is 5.75 Å². The summed E-state index contributed by atoms with van der Waals surface area (Å²) in [5.74, 6) is 0.613. The van der Waals surface area contributed by atoms with Gasteiger partial charge in [-0.1, -0.05) is 39.8 Å². The molecule has 4 heteroatoms. The third-order valence-electron chi connectivity index (χ3n) is 3.75. The lowest BCUT2D eigenvalue weighted by Crippen LogP contribution is -2.18. The van der Waals surface area contributed by atoms with E-state index in [1.165, 1.54) is 5.56 Å². The molecule has 25 heavy (non-hydrogen) atoms. The van der Waals surface area contributed by atoms with E-state index in [0.29, 0.717) is 12.2 Å². The van der Waals surface area contributed by atoms with Crippen LogP contribution in [0.4, 0.5) is 0 Å². The molecule has 1 amide bonds. The molecule has 0 aromatic heterocycles. The second-order valence-electron chi connectivity index (χ2n) is 6.94. The number of nitrogens with zero attached hydrogens (tertiary/aromatic N) is 1. The van der Waals surface area contributed by atoms with Crippen LogP contribution in [-0.4, -0.2) is 18.7 Å². The Bertz CT molecular complexity index is 711. The fraction of sp³-hybridized carbons (Fsp3) is 0.333. The molecule has 0 aliphatic carbocycles. The van der Waals surface area contributed by atoms with Crippen molar-refractivity contribution in [3.05, 3.63) is 65.2 Å². The molecule has 1 N–H and O–H groups in total. The second kappa shape index (κ2) is 8.47. The van der Waals surface area contributed by atoms with Crippen molar-refractivity contribution in [3.63, 3.8) is 0 Å². The molecule has 0 unspecified atom stereocenters. The van der Waals surface area contributed by atoms with Crippen molar-refractivity contribution in [1.29, 1.82) is 0 Å².